The molecule has 0 saturated carbocycles. The van der Waals surface area contributed by atoms with Gasteiger partial charge in [0.2, 0.25) is 0 Å². The summed E-state index contributed by atoms with van der Waals surface area (Å²) in [5.74, 6) is 0.609. The summed E-state index contributed by atoms with van der Waals surface area (Å²) in [6, 6.07) is 0.385. The quantitative estimate of drug-likeness (QED) is 0.632. The molecule has 0 aromatic rings. The van der Waals surface area contributed by atoms with Crippen LogP contribution in [0.2, 0.25) is 0 Å². The Morgan fingerprint density at radius 1 is 1.58 bits per heavy atom. The lowest BCUT2D eigenvalue weighted by Crippen LogP contribution is -2.46. The fourth-order valence-electron chi connectivity index (χ4n) is 1.75. The molecule has 1 saturated heterocycles. The zero-order chi connectivity index (χ0) is 8.97. The largest absolute Gasteiger partial charge is 0.396 e. The summed E-state index contributed by atoms with van der Waals surface area (Å²) >= 11 is 0. The highest BCUT2D eigenvalue weighted by molar-refractivity contribution is 4.79. The summed E-state index contributed by atoms with van der Waals surface area (Å²) in [6.07, 6.45) is 1.99. The van der Waals surface area contributed by atoms with Crippen LogP contribution in [0.3, 0.4) is 0 Å². The first kappa shape index (κ1) is 9.96. The molecular weight excluding hydrogens is 152 g/mol. The average molecular weight is 172 g/mol. The number of aliphatic hydroxyl groups excluding tert-OH is 1. The maximum absolute atomic E-state index is 8.66. The molecule has 3 heteroatoms. The molecule has 0 aliphatic carbocycles. The van der Waals surface area contributed by atoms with Gasteiger partial charge in [-0.05, 0) is 25.3 Å². The first-order valence-electron chi connectivity index (χ1n) is 4.83. The van der Waals surface area contributed by atoms with Crippen molar-refractivity contribution < 1.29 is 5.11 Å². The molecule has 2 atom stereocenters. The molecule has 0 spiro atoms. The zero-order valence-electron chi connectivity index (χ0n) is 7.87. The molecule has 12 heavy (non-hydrogen) atoms. The van der Waals surface area contributed by atoms with Crippen LogP contribution in [0.15, 0.2) is 0 Å². The predicted molar refractivity (Wildman–Crippen MR) is 49.9 cm³/mol. The topological polar surface area (TPSA) is 49.5 Å². The second kappa shape index (κ2) is 4.80. The van der Waals surface area contributed by atoms with Crippen molar-refractivity contribution in [2.75, 3.05) is 26.2 Å². The number of nitrogens with two attached hydrogens (primary N) is 1. The van der Waals surface area contributed by atoms with E-state index in [-0.39, 0.29) is 0 Å². The Morgan fingerprint density at radius 3 is 2.92 bits per heavy atom. The van der Waals surface area contributed by atoms with Crippen LogP contribution in [0.1, 0.15) is 19.8 Å². The van der Waals surface area contributed by atoms with Gasteiger partial charge in [0.15, 0.2) is 0 Å². The van der Waals surface area contributed by atoms with Gasteiger partial charge in [-0.25, -0.2) is 0 Å². The summed E-state index contributed by atoms with van der Waals surface area (Å²) < 4.78 is 0. The first-order valence-corrected chi connectivity index (χ1v) is 4.83. The SMILES string of the molecule is CC1CN(CCCO)CCC1N. The van der Waals surface area contributed by atoms with E-state index in [4.69, 9.17) is 10.8 Å². The lowest BCUT2D eigenvalue weighted by atomic mass is 9.95. The van der Waals surface area contributed by atoms with Crippen molar-refractivity contribution in [3.8, 4) is 0 Å². The monoisotopic (exact) mass is 172 g/mol. The molecule has 3 nitrogen and oxygen atoms in total. The van der Waals surface area contributed by atoms with Crippen molar-refractivity contribution in [2.45, 2.75) is 25.8 Å². The highest BCUT2D eigenvalue weighted by Gasteiger charge is 2.22. The zero-order valence-corrected chi connectivity index (χ0v) is 7.87. The lowest BCUT2D eigenvalue weighted by molar-refractivity contribution is 0.151. The fraction of sp³-hybridized carbons (Fsp3) is 1.00. The fourth-order valence-corrected chi connectivity index (χ4v) is 1.75. The van der Waals surface area contributed by atoms with Crippen LogP contribution in [-0.4, -0.2) is 42.3 Å². The van der Waals surface area contributed by atoms with Gasteiger partial charge < -0.3 is 15.7 Å². The molecule has 0 amide bonds. The minimum Gasteiger partial charge on any atom is -0.396 e. The number of hydrogen-bond acceptors (Lipinski definition) is 3. The number of hydrogen-bond donors (Lipinski definition) is 2. The minimum atomic E-state index is 0.303. The molecule has 0 bridgehead atoms. The lowest BCUT2D eigenvalue weighted by Gasteiger charge is -2.34. The molecule has 1 aliphatic rings. The first-order chi connectivity index (χ1) is 5.74. The third-order valence-corrected chi connectivity index (χ3v) is 2.69. The maximum Gasteiger partial charge on any atom is 0.0443 e. The molecule has 2 unspecified atom stereocenters. The van der Waals surface area contributed by atoms with Gasteiger partial charge in [0.1, 0.15) is 0 Å². The van der Waals surface area contributed by atoms with E-state index in [1.54, 1.807) is 0 Å². The van der Waals surface area contributed by atoms with Crippen LogP contribution < -0.4 is 5.73 Å². The number of piperidine rings is 1. The van der Waals surface area contributed by atoms with Gasteiger partial charge >= 0.3 is 0 Å². The van der Waals surface area contributed by atoms with Crippen LogP contribution in [0, 0.1) is 5.92 Å². The van der Waals surface area contributed by atoms with Gasteiger partial charge in [-0.2, -0.15) is 0 Å². The van der Waals surface area contributed by atoms with Gasteiger partial charge in [0, 0.05) is 25.7 Å². The summed E-state index contributed by atoms with van der Waals surface area (Å²) in [5, 5.41) is 8.66. The number of nitrogens with zero attached hydrogens (tertiary/aromatic N) is 1. The van der Waals surface area contributed by atoms with Gasteiger partial charge in [-0.1, -0.05) is 6.92 Å². The molecule has 1 fully saturated rings. The molecule has 1 heterocycles. The van der Waals surface area contributed by atoms with Crippen molar-refractivity contribution in [1.82, 2.24) is 4.90 Å². The molecule has 1 aliphatic heterocycles. The van der Waals surface area contributed by atoms with Crippen molar-refractivity contribution in [3.63, 3.8) is 0 Å². The van der Waals surface area contributed by atoms with Gasteiger partial charge in [-0.3, -0.25) is 0 Å². The van der Waals surface area contributed by atoms with Gasteiger partial charge in [0.05, 0.1) is 0 Å². The van der Waals surface area contributed by atoms with E-state index in [2.05, 4.69) is 11.8 Å². The van der Waals surface area contributed by atoms with Crippen molar-refractivity contribution in [1.29, 1.82) is 0 Å². The molecule has 0 radical (unpaired) electrons. The Bertz CT molecular complexity index is 128. The second-order valence-corrected chi connectivity index (χ2v) is 3.81. The van der Waals surface area contributed by atoms with Crippen LogP contribution in [0.4, 0.5) is 0 Å². The Balaban J connectivity index is 2.21. The predicted octanol–water partition coefficient (Wildman–Crippen LogP) is 0.0379. The van der Waals surface area contributed by atoms with E-state index in [9.17, 15) is 0 Å². The smallest absolute Gasteiger partial charge is 0.0443 e. The van der Waals surface area contributed by atoms with Crippen molar-refractivity contribution >= 4 is 0 Å². The Morgan fingerprint density at radius 2 is 2.33 bits per heavy atom. The number of aliphatic hydroxyl groups is 1. The molecule has 72 valence electrons. The number of rotatable bonds is 3. The highest BCUT2D eigenvalue weighted by atomic mass is 16.3. The van der Waals surface area contributed by atoms with Crippen LogP contribution in [0.5, 0.6) is 0 Å². The van der Waals surface area contributed by atoms with Gasteiger partial charge in [-0.15, -0.1) is 0 Å². The highest BCUT2D eigenvalue weighted by Crippen LogP contribution is 2.14. The summed E-state index contributed by atoms with van der Waals surface area (Å²) in [4.78, 5) is 2.39. The van der Waals surface area contributed by atoms with Crippen LogP contribution in [0.25, 0.3) is 0 Å². The van der Waals surface area contributed by atoms with E-state index in [1.807, 2.05) is 0 Å². The molecule has 0 aromatic carbocycles. The Labute approximate surface area is 74.5 Å². The maximum atomic E-state index is 8.66. The Kier molecular flexibility index (Phi) is 3.98. The van der Waals surface area contributed by atoms with E-state index in [1.165, 1.54) is 0 Å². The van der Waals surface area contributed by atoms with Crippen molar-refractivity contribution in [3.05, 3.63) is 0 Å². The third-order valence-electron chi connectivity index (χ3n) is 2.69. The van der Waals surface area contributed by atoms with Gasteiger partial charge in [0.25, 0.3) is 0 Å². The van der Waals surface area contributed by atoms with E-state index >= 15 is 0 Å². The van der Waals surface area contributed by atoms with E-state index in [0.717, 1.165) is 32.5 Å². The third kappa shape index (κ3) is 2.73. The summed E-state index contributed by atoms with van der Waals surface area (Å²) in [6.45, 7) is 5.73. The number of likely N-dealkylation sites (tertiary alicyclic amines) is 1. The standard InChI is InChI=1S/C9H20N2O/c1-8-7-11(4-2-6-12)5-3-9(8)10/h8-9,12H,2-7,10H2,1H3. The van der Waals surface area contributed by atoms with Crippen LogP contribution >= 0.6 is 0 Å². The molecule has 3 N–H and O–H groups in total. The summed E-state index contributed by atoms with van der Waals surface area (Å²) in [7, 11) is 0. The average Bonchev–Trinajstić information content (AvgIpc) is 2.07. The van der Waals surface area contributed by atoms with Crippen molar-refractivity contribution in [2.24, 2.45) is 11.7 Å². The normalized spacial score (nSPS) is 32.2. The molecule has 0 aromatic heterocycles. The second-order valence-electron chi connectivity index (χ2n) is 3.81. The summed E-state index contributed by atoms with van der Waals surface area (Å²) in [5.41, 5.74) is 5.89. The Hall–Kier alpha value is -0.120. The van der Waals surface area contributed by atoms with E-state index < -0.39 is 0 Å². The molecular formula is C9H20N2O. The minimum absolute atomic E-state index is 0.303. The van der Waals surface area contributed by atoms with Crippen LogP contribution in [-0.2, 0) is 0 Å². The molecule has 1 rings (SSSR count). The van der Waals surface area contributed by atoms with E-state index in [0.29, 0.717) is 18.6 Å².